The fourth-order valence-corrected chi connectivity index (χ4v) is 2.26. The molecular weight excluding hydrogens is 264 g/mol. The third-order valence-electron chi connectivity index (χ3n) is 3.48. The number of rotatable bonds is 4. The Morgan fingerprint density at radius 3 is 2.52 bits per heavy atom. The molecule has 0 spiro atoms. The Hall–Kier alpha value is -2.14. The Morgan fingerprint density at radius 2 is 1.90 bits per heavy atom. The molecule has 0 aliphatic heterocycles. The van der Waals surface area contributed by atoms with Gasteiger partial charge in [-0.1, -0.05) is 0 Å². The van der Waals surface area contributed by atoms with Crippen molar-refractivity contribution >= 4 is 22.3 Å². The lowest BCUT2D eigenvalue weighted by atomic mass is 10.0. The number of nitrogens with zero attached hydrogens (tertiary/aromatic N) is 2. The first-order chi connectivity index (χ1) is 9.93. The van der Waals surface area contributed by atoms with E-state index in [1.807, 2.05) is 26.8 Å². The van der Waals surface area contributed by atoms with Crippen LogP contribution < -0.4 is 16.7 Å². The van der Waals surface area contributed by atoms with Crippen LogP contribution in [0.15, 0.2) is 28.1 Å². The second-order valence-electron chi connectivity index (χ2n) is 5.46. The molecule has 112 valence electrons. The van der Waals surface area contributed by atoms with Crippen molar-refractivity contribution in [2.24, 2.45) is 10.8 Å². The van der Waals surface area contributed by atoms with Crippen molar-refractivity contribution in [1.29, 1.82) is 0 Å². The van der Waals surface area contributed by atoms with Crippen molar-refractivity contribution in [2.75, 3.05) is 12.0 Å². The minimum atomic E-state index is -0.0670. The predicted octanol–water partition coefficient (Wildman–Crippen LogP) is 2.38. The Balaban J connectivity index is 2.76. The lowest BCUT2D eigenvalue weighted by Gasteiger charge is -2.14. The summed E-state index contributed by atoms with van der Waals surface area (Å²) in [7, 11) is 0. The van der Waals surface area contributed by atoms with E-state index in [0.29, 0.717) is 13.1 Å². The van der Waals surface area contributed by atoms with Gasteiger partial charge in [0.25, 0.3) is 5.56 Å². The third-order valence-corrected chi connectivity index (χ3v) is 3.48. The molecule has 0 unspecified atom stereocenters. The summed E-state index contributed by atoms with van der Waals surface area (Å²) in [4.78, 5) is 12.3. The highest BCUT2D eigenvalue weighted by atomic mass is 16.1. The van der Waals surface area contributed by atoms with E-state index in [1.54, 1.807) is 10.6 Å². The van der Waals surface area contributed by atoms with Crippen LogP contribution in [-0.2, 0) is 6.54 Å². The summed E-state index contributed by atoms with van der Waals surface area (Å²) in [6.45, 7) is 8.85. The van der Waals surface area contributed by atoms with Gasteiger partial charge in [0.15, 0.2) is 0 Å². The van der Waals surface area contributed by atoms with Crippen molar-refractivity contribution in [2.45, 2.75) is 34.2 Å². The van der Waals surface area contributed by atoms with Crippen LogP contribution >= 0.6 is 0 Å². The van der Waals surface area contributed by atoms with Gasteiger partial charge >= 0.3 is 0 Å². The smallest absolute Gasteiger partial charge is 0.253 e. The zero-order valence-electron chi connectivity index (χ0n) is 13.0. The van der Waals surface area contributed by atoms with Gasteiger partial charge in [-0.2, -0.15) is 5.10 Å². The SMILES string of the molecule is CC(C)=NNc1cc(=O)n(CCN)c2cc(C)c(C)cc12. The van der Waals surface area contributed by atoms with Crippen LogP contribution in [0.3, 0.4) is 0 Å². The van der Waals surface area contributed by atoms with Gasteiger partial charge < -0.3 is 10.3 Å². The van der Waals surface area contributed by atoms with Crippen LogP contribution in [0.4, 0.5) is 5.69 Å². The molecule has 0 radical (unpaired) electrons. The molecule has 1 heterocycles. The number of aryl methyl sites for hydroxylation is 2. The highest BCUT2D eigenvalue weighted by Gasteiger charge is 2.10. The Kier molecular flexibility index (Phi) is 4.43. The maximum atomic E-state index is 12.3. The third kappa shape index (κ3) is 3.13. The first-order valence-corrected chi connectivity index (χ1v) is 7.06. The fraction of sp³-hybridized carbons (Fsp3) is 0.375. The van der Waals surface area contributed by atoms with Gasteiger partial charge in [-0.15, -0.1) is 0 Å². The number of hydrogen-bond acceptors (Lipinski definition) is 4. The van der Waals surface area contributed by atoms with Crippen LogP contribution in [-0.4, -0.2) is 16.8 Å². The molecule has 0 saturated heterocycles. The molecule has 5 heteroatoms. The molecule has 0 fully saturated rings. The molecule has 0 atom stereocenters. The first-order valence-electron chi connectivity index (χ1n) is 7.06. The van der Waals surface area contributed by atoms with Crippen molar-refractivity contribution < 1.29 is 0 Å². The topological polar surface area (TPSA) is 72.4 Å². The number of hydrogen-bond donors (Lipinski definition) is 2. The van der Waals surface area contributed by atoms with Gasteiger partial charge in [-0.3, -0.25) is 10.2 Å². The normalized spacial score (nSPS) is 10.7. The highest BCUT2D eigenvalue weighted by molar-refractivity contribution is 5.93. The molecule has 0 bridgehead atoms. The molecule has 21 heavy (non-hydrogen) atoms. The minimum absolute atomic E-state index is 0.0670. The van der Waals surface area contributed by atoms with E-state index in [2.05, 4.69) is 23.5 Å². The number of nitrogens with two attached hydrogens (primary N) is 1. The quantitative estimate of drug-likeness (QED) is 0.669. The van der Waals surface area contributed by atoms with Gasteiger partial charge in [0.2, 0.25) is 0 Å². The molecule has 0 aliphatic carbocycles. The lowest BCUT2D eigenvalue weighted by Crippen LogP contribution is -2.24. The lowest BCUT2D eigenvalue weighted by molar-refractivity contribution is 0.707. The number of pyridine rings is 1. The van der Waals surface area contributed by atoms with Crippen LogP contribution in [0, 0.1) is 13.8 Å². The minimum Gasteiger partial charge on any atom is -0.329 e. The van der Waals surface area contributed by atoms with E-state index in [0.717, 1.165) is 27.9 Å². The molecule has 1 aromatic heterocycles. The average Bonchev–Trinajstić information content (AvgIpc) is 2.42. The number of hydrazone groups is 1. The summed E-state index contributed by atoms with van der Waals surface area (Å²) in [5.41, 5.74) is 13.4. The molecule has 5 nitrogen and oxygen atoms in total. The number of nitrogens with one attached hydrogen (secondary N) is 1. The van der Waals surface area contributed by atoms with Crippen LogP contribution in [0.25, 0.3) is 10.9 Å². The van der Waals surface area contributed by atoms with Gasteiger partial charge in [0, 0.05) is 30.3 Å². The van der Waals surface area contributed by atoms with Gasteiger partial charge in [0.05, 0.1) is 11.2 Å². The van der Waals surface area contributed by atoms with Gasteiger partial charge in [0.1, 0.15) is 0 Å². The summed E-state index contributed by atoms with van der Waals surface area (Å²) in [5, 5.41) is 5.19. The molecule has 0 saturated carbocycles. The molecule has 2 aromatic rings. The number of aromatic nitrogens is 1. The molecule has 2 rings (SSSR count). The summed E-state index contributed by atoms with van der Waals surface area (Å²) in [6.07, 6.45) is 0. The predicted molar refractivity (Wildman–Crippen MR) is 89.1 cm³/mol. The first kappa shape index (κ1) is 15.3. The highest BCUT2D eigenvalue weighted by Crippen LogP contribution is 2.25. The summed E-state index contributed by atoms with van der Waals surface area (Å²) < 4.78 is 1.72. The Labute approximate surface area is 124 Å². The van der Waals surface area contributed by atoms with E-state index >= 15 is 0 Å². The number of anilines is 1. The van der Waals surface area contributed by atoms with Crippen molar-refractivity contribution in [3.8, 4) is 0 Å². The second kappa shape index (κ2) is 6.10. The zero-order chi connectivity index (χ0) is 15.6. The van der Waals surface area contributed by atoms with E-state index in [9.17, 15) is 4.79 Å². The van der Waals surface area contributed by atoms with Gasteiger partial charge in [-0.25, -0.2) is 0 Å². The second-order valence-corrected chi connectivity index (χ2v) is 5.46. The largest absolute Gasteiger partial charge is 0.329 e. The van der Waals surface area contributed by atoms with Crippen LogP contribution in [0.2, 0.25) is 0 Å². The average molecular weight is 286 g/mol. The number of benzene rings is 1. The fourth-order valence-electron chi connectivity index (χ4n) is 2.26. The molecular formula is C16H22N4O. The maximum absolute atomic E-state index is 12.3. The number of fused-ring (bicyclic) bond motifs is 1. The van der Waals surface area contributed by atoms with E-state index in [-0.39, 0.29) is 5.56 Å². The standard InChI is InChI=1S/C16H22N4O/c1-10(2)18-19-14-9-16(21)20(6-5-17)15-8-12(4)11(3)7-13(14)15/h7-9,19H,5-6,17H2,1-4H3. The van der Waals surface area contributed by atoms with Crippen molar-refractivity contribution in [1.82, 2.24) is 4.57 Å². The maximum Gasteiger partial charge on any atom is 0.253 e. The molecule has 3 N–H and O–H groups in total. The van der Waals surface area contributed by atoms with Crippen molar-refractivity contribution in [3.05, 3.63) is 39.7 Å². The summed E-state index contributed by atoms with van der Waals surface area (Å²) >= 11 is 0. The van der Waals surface area contributed by atoms with Gasteiger partial charge in [-0.05, 0) is 51.0 Å². The summed E-state index contributed by atoms with van der Waals surface area (Å²) in [5.74, 6) is 0. The van der Waals surface area contributed by atoms with E-state index in [4.69, 9.17) is 5.73 Å². The molecule has 1 aromatic carbocycles. The monoisotopic (exact) mass is 286 g/mol. The van der Waals surface area contributed by atoms with E-state index in [1.165, 1.54) is 5.56 Å². The Morgan fingerprint density at radius 1 is 1.24 bits per heavy atom. The van der Waals surface area contributed by atoms with Crippen LogP contribution in [0.1, 0.15) is 25.0 Å². The van der Waals surface area contributed by atoms with Crippen LogP contribution in [0.5, 0.6) is 0 Å². The summed E-state index contributed by atoms with van der Waals surface area (Å²) in [6, 6.07) is 5.70. The van der Waals surface area contributed by atoms with Crippen molar-refractivity contribution in [3.63, 3.8) is 0 Å². The zero-order valence-corrected chi connectivity index (χ0v) is 13.0. The molecule has 0 amide bonds. The van der Waals surface area contributed by atoms with E-state index < -0.39 is 0 Å². The Bertz CT molecular complexity index is 755. The molecule has 0 aliphatic rings.